The Hall–Kier alpha value is -2.07. The maximum atomic E-state index is 13.4. The van der Waals surface area contributed by atoms with Gasteiger partial charge < -0.3 is 5.32 Å². The van der Waals surface area contributed by atoms with Crippen molar-refractivity contribution in [2.24, 2.45) is 0 Å². The van der Waals surface area contributed by atoms with Gasteiger partial charge in [0.05, 0.1) is 17.3 Å². The highest BCUT2D eigenvalue weighted by molar-refractivity contribution is 5.51. The Morgan fingerprint density at radius 2 is 2.12 bits per heavy atom. The fourth-order valence-electron chi connectivity index (χ4n) is 1.20. The molecule has 82 valence electrons. The minimum Gasteiger partial charge on any atom is -0.369 e. The molecule has 0 fully saturated rings. The van der Waals surface area contributed by atoms with Crippen LogP contribution in [0.1, 0.15) is 18.9 Å². The summed E-state index contributed by atoms with van der Waals surface area (Å²) in [6.07, 6.45) is 5.79. The van der Waals surface area contributed by atoms with Crippen LogP contribution in [-0.4, -0.2) is 6.04 Å². The second-order valence-electron chi connectivity index (χ2n) is 3.17. The summed E-state index contributed by atoms with van der Waals surface area (Å²) in [5, 5.41) is 11.2. The Morgan fingerprint density at radius 3 is 2.62 bits per heavy atom. The molecule has 0 spiro atoms. The first kappa shape index (κ1) is 12.0. The Bertz CT molecular complexity index is 469. The monoisotopic (exact) mass is 220 g/mol. The van der Waals surface area contributed by atoms with Crippen molar-refractivity contribution in [3.8, 4) is 18.4 Å². The molecule has 1 aromatic rings. The van der Waals surface area contributed by atoms with Gasteiger partial charge in [0.2, 0.25) is 0 Å². The van der Waals surface area contributed by atoms with Gasteiger partial charge in [-0.25, -0.2) is 8.78 Å². The van der Waals surface area contributed by atoms with Crippen LogP contribution >= 0.6 is 0 Å². The second kappa shape index (κ2) is 5.14. The molecule has 0 aromatic heterocycles. The smallest absolute Gasteiger partial charge is 0.183 e. The summed E-state index contributed by atoms with van der Waals surface area (Å²) in [7, 11) is 0. The van der Waals surface area contributed by atoms with Gasteiger partial charge in [-0.15, -0.1) is 6.42 Å². The Kier molecular flexibility index (Phi) is 3.85. The van der Waals surface area contributed by atoms with E-state index in [2.05, 4.69) is 11.2 Å². The molecule has 0 aliphatic rings. The van der Waals surface area contributed by atoms with E-state index < -0.39 is 11.6 Å². The lowest BCUT2D eigenvalue weighted by molar-refractivity contribution is 0.508. The predicted octanol–water partition coefficient (Wildman–Crippen LogP) is 2.66. The van der Waals surface area contributed by atoms with Crippen LogP contribution in [-0.2, 0) is 0 Å². The maximum Gasteiger partial charge on any atom is 0.183 e. The van der Waals surface area contributed by atoms with Gasteiger partial charge in [-0.2, -0.15) is 5.26 Å². The lowest BCUT2D eigenvalue weighted by Gasteiger charge is -2.13. The van der Waals surface area contributed by atoms with E-state index in [9.17, 15) is 8.78 Å². The number of halogens is 2. The van der Waals surface area contributed by atoms with E-state index in [1.54, 1.807) is 6.07 Å². The Morgan fingerprint density at radius 1 is 1.44 bits per heavy atom. The third-order valence-corrected chi connectivity index (χ3v) is 2.14. The second-order valence-corrected chi connectivity index (χ2v) is 3.17. The summed E-state index contributed by atoms with van der Waals surface area (Å²) in [5.41, 5.74) is -0.349. The molecule has 0 aliphatic carbocycles. The molecule has 4 heteroatoms. The van der Waals surface area contributed by atoms with Crippen molar-refractivity contribution >= 4 is 5.69 Å². The van der Waals surface area contributed by atoms with E-state index in [1.807, 2.05) is 6.92 Å². The maximum absolute atomic E-state index is 13.4. The lowest BCUT2D eigenvalue weighted by atomic mass is 10.1. The Labute approximate surface area is 92.9 Å². The summed E-state index contributed by atoms with van der Waals surface area (Å²) in [4.78, 5) is 0. The van der Waals surface area contributed by atoms with E-state index in [4.69, 9.17) is 11.7 Å². The third-order valence-electron chi connectivity index (χ3n) is 2.14. The van der Waals surface area contributed by atoms with E-state index in [1.165, 1.54) is 12.1 Å². The Balaban J connectivity index is 3.05. The van der Waals surface area contributed by atoms with Crippen LogP contribution in [0.3, 0.4) is 0 Å². The van der Waals surface area contributed by atoms with Crippen LogP contribution in [0.25, 0.3) is 0 Å². The summed E-state index contributed by atoms with van der Waals surface area (Å²) < 4.78 is 26.7. The molecule has 0 amide bonds. The molecule has 0 saturated carbocycles. The number of rotatable bonds is 3. The van der Waals surface area contributed by atoms with Crippen LogP contribution < -0.4 is 5.32 Å². The molecule has 0 radical (unpaired) electrons. The molecule has 0 saturated heterocycles. The summed E-state index contributed by atoms with van der Waals surface area (Å²) in [5.74, 6) is 0.181. The zero-order valence-electron chi connectivity index (χ0n) is 8.72. The summed E-state index contributed by atoms with van der Waals surface area (Å²) in [6.45, 7) is 1.83. The quantitative estimate of drug-likeness (QED) is 0.795. The van der Waals surface area contributed by atoms with Gasteiger partial charge >= 0.3 is 0 Å². The van der Waals surface area contributed by atoms with Crippen LogP contribution in [0.2, 0.25) is 0 Å². The number of terminal acetylenes is 1. The highest BCUT2D eigenvalue weighted by Crippen LogP contribution is 2.21. The van der Waals surface area contributed by atoms with Crippen molar-refractivity contribution < 1.29 is 8.78 Å². The molecular formula is C12H10F2N2. The fourth-order valence-corrected chi connectivity index (χ4v) is 1.20. The first-order chi connectivity index (χ1) is 7.63. The van der Waals surface area contributed by atoms with E-state index >= 15 is 0 Å². The molecule has 1 aromatic carbocycles. The number of benzene rings is 1. The van der Waals surface area contributed by atoms with Crippen molar-refractivity contribution in [3.05, 3.63) is 29.3 Å². The SMILES string of the molecule is C#CC(CC)Nc1ccc(C#N)c(F)c1F. The van der Waals surface area contributed by atoms with Gasteiger partial charge in [0, 0.05) is 0 Å². The molecule has 1 unspecified atom stereocenters. The highest BCUT2D eigenvalue weighted by Gasteiger charge is 2.14. The van der Waals surface area contributed by atoms with Gasteiger partial charge in [-0.05, 0) is 18.6 Å². The van der Waals surface area contributed by atoms with Gasteiger partial charge in [0.1, 0.15) is 6.07 Å². The number of nitriles is 1. The molecule has 1 atom stereocenters. The predicted molar refractivity (Wildman–Crippen MR) is 57.6 cm³/mol. The zero-order chi connectivity index (χ0) is 12.1. The number of anilines is 1. The number of nitrogens with zero attached hydrogens (tertiary/aromatic N) is 1. The minimum atomic E-state index is -1.15. The van der Waals surface area contributed by atoms with Gasteiger partial charge in [0.15, 0.2) is 11.6 Å². The van der Waals surface area contributed by atoms with E-state index in [-0.39, 0.29) is 17.3 Å². The normalized spacial score (nSPS) is 11.3. The van der Waals surface area contributed by atoms with Gasteiger partial charge in [-0.3, -0.25) is 0 Å². The minimum absolute atomic E-state index is 0.0266. The highest BCUT2D eigenvalue weighted by atomic mass is 19.2. The zero-order valence-corrected chi connectivity index (χ0v) is 8.72. The number of hydrogen-bond acceptors (Lipinski definition) is 2. The largest absolute Gasteiger partial charge is 0.369 e. The average Bonchev–Trinajstić information content (AvgIpc) is 2.31. The van der Waals surface area contributed by atoms with Crippen molar-refractivity contribution in [2.75, 3.05) is 5.32 Å². The fraction of sp³-hybridized carbons (Fsp3) is 0.250. The van der Waals surface area contributed by atoms with Crippen molar-refractivity contribution in [2.45, 2.75) is 19.4 Å². The first-order valence-corrected chi connectivity index (χ1v) is 4.74. The topological polar surface area (TPSA) is 35.8 Å². The van der Waals surface area contributed by atoms with Gasteiger partial charge in [0.25, 0.3) is 0 Å². The van der Waals surface area contributed by atoms with Crippen LogP contribution in [0.15, 0.2) is 12.1 Å². The van der Waals surface area contributed by atoms with Crippen molar-refractivity contribution in [3.63, 3.8) is 0 Å². The van der Waals surface area contributed by atoms with Crippen LogP contribution in [0.4, 0.5) is 14.5 Å². The van der Waals surface area contributed by atoms with Crippen LogP contribution in [0, 0.1) is 35.3 Å². The standard InChI is InChI=1S/C12H10F2N2/c1-3-9(4-2)16-10-6-5-8(7-15)11(13)12(10)14/h1,5-6,9,16H,4H2,2H3. The molecule has 1 rings (SSSR count). The van der Waals surface area contributed by atoms with E-state index in [0.717, 1.165) is 0 Å². The first-order valence-electron chi connectivity index (χ1n) is 4.74. The molecule has 16 heavy (non-hydrogen) atoms. The van der Waals surface area contributed by atoms with E-state index in [0.29, 0.717) is 6.42 Å². The lowest BCUT2D eigenvalue weighted by Crippen LogP contribution is -2.17. The average molecular weight is 220 g/mol. The van der Waals surface area contributed by atoms with Crippen molar-refractivity contribution in [1.82, 2.24) is 0 Å². The van der Waals surface area contributed by atoms with Gasteiger partial charge in [-0.1, -0.05) is 12.8 Å². The molecule has 0 aliphatic heterocycles. The number of nitrogens with one attached hydrogen (secondary N) is 1. The molecular weight excluding hydrogens is 210 g/mol. The summed E-state index contributed by atoms with van der Waals surface area (Å²) in [6, 6.07) is 3.72. The van der Waals surface area contributed by atoms with Crippen LogP contribution in [0.5, 0.6) is 0 Å². The number of hydrogen-bond donors (Lipinski definition) is 1. The molecule has 1 N–H and O–H groups in total. The molecule has 0 bridgehead atoms. The third kappa shape index (κ3) is 2.29. The van der Waals surface area contributed by atoms with Crippen molar-refractivity contribution in [1.29, 1.82) is 5.26 Å². The summed E-state index contributed by atoms with van der Waals surface area (Å²) >= 11 is 0. The molecule has 2 nitrogen and oxygen atoms in total. The molecule has 0 heterocycles.